The molecule has 216 valence electrons. The monoisotopic (exact) mass is 608 g/mol. The van der Waals surface area contributed by atoms with Gasteiger partial charge in [0.2, 0.25) is 5.91 Å². The van der Waals surface area contributed by atoms with Crippen molar-refractivity contribution in [1.82, 2.24) is 29.9 Å². The maximum atomic E-state index is 14.0. The number of aromatic nitrogens is 3. The molecule has 0 bridgehead atoms. The van der Waals surface area contributed by atoms with Crippen LogP contribution in [-0.2, 0) is 23.9 Å². The van der Waals surface area contributed by atoms with Crippen LogP contribution in [0.3, 0.4) is 0 Å². The van der Waals surface area contributed by atoms with Crippen molar-refractivity contribution in [3.05, 3.63) is 80.3 Å². The number of nitrogens with zero attached hydrogens (tertiary/aromatic N) is 5. The first-order valence-electron chi connectivity index (χ1n) is 12.7. The number of alkyl halides is 3. The van der Waals surface area contributed by atoms with Crippen LogP contribution in [-0.4, -0.2) is 61.9 Å². The fourth-order valence-electron chi connectivity index (χ4n) is 5.30. The summed E-state index contributed by atoms with van der Waals surface area (Å²) in [5.41, 5.74) is 0.628. The van der Waals surface area contributed by atoms with Gasteiger partial charge in [0.1, 0.15) is 17.4 Å². The lowest BCUT2D eigenvalue weighted by Crippen LogP contribution is -2.49. The van der Waals surface area contributed by atoms with Crippen molar-refractivity contribution in [3.63, 3.8) is 0 Å². The van der Waals surface area contributed by atoms with Gasteiger partial charge in [-0.05, 0) is 49.7 Å². The van der Waals surface area contributed by atoms with Crippen molar-refractivity contribution < 1.29 is 27.6 Å². The van der Waals surface area contributed by atoms with Gasteiger partial charge in [0, 0.05) is 36.8 Å². The third kappa shape index (κ3) is 5.14. The van der Waals surface area contributed by atoms with E-state index in [9.17, 15) is 27.6 Å². The number of rotatable bonds is 4. The van der Waals surface area contributed by atoms with Gasteiger partial charge in [0.05, 0.1) is 34.9 Å². The summed E-state index contributed by atoms with van der Waals surface area (Å²) in [6.45, 7) is 3.37. The van der Waals surface area contributed by atoms with Crippen LogP contribution in [0.15, 0.2) is 36.5 Å². The highest BCUT2D eigenvalue weighted by molar-refractivity contribution is 6.42. The molecular formula is C27H25Cl2F3N6O3. The second kappa shape index (κ2) is 10.6. The number of likely N-dealkylation sites (N-methyl/N-ethyl adjacent to an activating group) is 1. The first-order valence-corrected chi connectivity index (χ1v) is 13.5. The first-order chi connectivity index (χ1) is 19.3. The average Bonchev–Trinajstić information content (AvgIpc) is 3.31. The van der Waals surface area contributed by atoms with Gasteiger partial charge < -0.3 is 15.1 Å². The summed E-state index contributed by atoms with van der Waals surface area (Å²) in [6.07, 6.45) is -3.30. The number of hydrogen-bond donors (Lipinski definition) is 1. The Hall–Kier alpha value is -3.64. The lowest BCUT2D eigenvalue weighted by Gasteiger charge is -2.38. The molecule has 3 amide bonds. The summed E-state index contributed by atoms with van der Waals surface area (Å²) in [7, 11) is 1.45. The summed E-state index contributed by atoms with van der Waals surface area (Å²) in [4.78, 5) is 46.8. The topological polar surface area (TPSA) is 100 Å². The normalized spacial score (nSPS) is 19.5. The number of amides is 3. The average molecular weight is 609 g/mol. The van der Waals surface area contributed by atoms with E-state index in [2.05, 4.69) is 15.4 Å². The van der Waals surface area contributed by atoms with E-state index in [4.69, 9.17) is 23.2 Å². The predicted molar refractivity (Wildman–Crippen MR) is 144 cm³/mol. The molecule has 2 aliphatic rings. The molecule has 0 aliphatic carbocycles. The number of carbonyl (C=O) groups is 3. The molecule has 3 atom stereocenters. The number of benzene rings is 1. The zero-order valence-electron chi connectivity index (χ0n) is 22.2. The van der Waals surface area contributed by atoms with Gasteiger partial charge in [-0.15, -0.1) is 0 Å². The summed E-state index contributed by atoms with van der Waals surface area (Å²) in [6, 6.07) is 4.82. The Balaban J connectivity index is 1.54. The van der Waals surface area contributed by atoms with E-state index in [1.165, 1.54) is 34.8 Å². The highest BCUT2D eigenvalue weighted by atomic mass is 35.5. The number of nitrogens with one attached hydrogen (secondary N) is 1. The molecule has 1 N–H and O–H groups in total. The van der Waals surface area contributed by atoms with Crippen molar-refractivity contribution in [2.24, 2.45) is 0 Å². The lowest BCUT2D eigenvalue weighted by atomic mass is 9.96. The molecule has 1 unspecified atom stereocenters. The zero-order valence-corrected chi connectivity index (χ0v) is 23.7. The maximum absolute atomic E-state index is 14.0. The van der Waals surface area contributed by atoms with E-state index in [0.717, 1.165) is 12.3 Å². The molecule has 4 heterocycles. The molecule has 0 saturated heterocycles. The van der Waals surface area contributed by atoms with Crippen molar-refractivity contribution >= 4 is 40.9 Å². The van der Waals surface area contributed by atoms with Gasteiger partial charge in [0.15, 0.2) is 0 Å². The maximum Gasteiger partial charge on any atom is 0.433 e. The standard InChI is InChI=1S/C27H25Cl2F3N6O3/c1-13-8-20-17(11-36(13)25(40)16-4-5-18(28)19(29)9-16)23-26(41)37(12-21(24(39)33-3)38(23)35-20)14(2)15-6-7-34-22(10-15)27(30,31)32/h4-7,9-10,13-14,21H,8,11-12H2,1-3H3,(H,33,39)/t13-,14?,21+/m1/s1. The molecule has 0 fully saturated rings. The predicted octanol–water partition coefficient (Wildman–Crippen LogP) is 4.69. The second-order valence-electron chi connectivity index (χ2n) is 10.1. The SMILES string of the molecule is CNC(=O)[C@@H]1CN(C(C)c2ccnc(C(F)(F)F)c2)C(=O)c2c3c(nn21)C[C@@H](C)N(C(=O)c1ccc(Cl)c(Cl)c1)C3. The van der Waals surface area contributed by atoms with E-state index in [0.29, 0.717) is 28.3 Å². The number of pyridine rings is 1. The van der Waals surface area contributed by atoms with Gasteiger partial charge in [-0.25, -0.2) is 4.68 Å². The van der Waals surface area contributed by atoms with Crippen molar-refractivity contribution in [2.75, 3.05) is 13.6 Å². The Morgan fingerprint density at radius 2 is 1.88 bits per heavy atom. The second-order valence-corrected chi connectivity index (χ2v) is 10.9. The number of carbonyl (C=O) groups excluding carboxylic acids is 3. The molecule has 2 aromatic heterocycles. The molecule has 5 rings (SSSR count). The van der Waals surface area contributed by atoms with Gasteiger partial charge in [-0.2, -0.15) is 18.3 Å². The van der Waals surface area contributed by atoms with Gasteiger partial charge >= 0.3 is 6.18 Å². The van der Waals surface area contributed by atoms with Crippen LogP contribution in [0.5, 0.6) is 0 Å². The Morgan fingerprint density at radius 1 is 1.15 bits per heavy atom. The number of halogens is 5. The van der Waals surface area contributed by atoms with Crippen LogP contribution in [0, 0.1) is 0 Å². The van der Waals surface area contributed by atoms with Crippen LogP contribution in [0.2, 0.25) is 10.0 Å². The fourth-order valence-corrected chi connectivity index (χ4v) is 5.60. The molecule has 1 aromatic carbocycles. The van der Waals surface area contributed by atoms with Crippen molar-refractivity contribution in [1.29, 1.82) is 0 Å². The molecule has 3 aromatic rings. The first kappa shape index (κ1) is 28.9. The minimum atomic E-state index is -4.66. The Morgan fingerprint density at radius 3 is 2.54 bits per heavy atom. The molecule has 9 nitrogen and oxygen atoms in total. The summed E-state index contributed by atoms with van der Waals surface area (Å²) in [5, 5.41) is 7.73. The third-order valence-corrected chi connectivity index (χ3v) is 8.31. The Kier molecular flexibility index (Phi) is 7.49. The van der Waals surface area contributed by atoms with E-state index in [-0.39, 0.29) is 41.3 Å². The van der Waals surface area contributed by atoms with Crippen LogP contribution >= 0.6 is 23.2 Å². The van der Waals surface area contributed by atoms with E-state index < -0.39 is 35.8 Å². The molecule has 0 spiro atoms. The highest BCUT2D eigenvalue weighted by Gasteiger charge is 2.44. The fraction of sp³-hybridized carbons (Fsp3) is 0.370. The lowest BCUT2D eigenvalue weighted by molar-refractivity contribution is -0.141. The van der Waals surface area contributed by atoms with Crippen molar-refractivity contribution in [2.45, 2.75) is 51.1 Å². The van der Waals surface area contributed by atoms with Gasteiger partial charge in [-0.1, -0.05) is 23.2 Å². The molecule has 2 aliphatic heterocycles. The Labute approximate surface area is 243 Å². The van der Waals surface area contributed by atoms with Crippen LogP contribution < -0.4 is 5.32 Å². The number of hydrogen-bond acceptors (Lipinski definition) is 5. The Bertz CT molecular complexity index is 1560. The molecular weight excluding hydrogens is 584 g/mol. The van der Waals surface area contributed by atoms with Crippen LogP contribution in [0.4, 0.5) is 13.2 Å². The quantitative estimate of drug-likeness (QED) is 0.463. The largest absolute Gasteiger partial charge is 0.433 e. The molecule has 14 heteroatoms. The summed E-state index contributed by atoms with van der Waals surface area (Å²) >= 11 is 12.1. The minimum Gasteiger partial charge on any atom is -0.357 e. The minimum absolute atomic E-state index is 0.0345. The van der Waals surface area contributed by atoms with Gasteiger partial charge in [-0.3, -0.25) is 19.4 Å². The molecule has 41 heavy (non-hydrogen) atoms. The van der Waals surface area contributed by atoms with E-state index >= 15 is 0 Å². The molecule has 0 radical (unpaired) electrons. The highest BCUT2D eigenvalue weighted by Crippen LogP contribution is 2.37. The smallest absolute Gasteiger partial charge is 0.357 e. The molecule has 0 saturated carbocycles. The van der Waals surface area contributed by atoms with Crippen molar-refractivity contribution in [3.8, 4) is 0 Å². The summed E-state index contributed by atoms with van der Waals surface area (Å²) in [5.74, 6) is -1.25. The summed E-state index contributed by atoms with van der Waals surface area (Å²) < 4.78 is 41.4. The number of fused-ring (bicyclic) bond motifs is 3. The zero-order chi connectivity index (χ0) is 29.8. The van der Waals surface area contributed by atoms with Crippen LogP contribution in [0.25, 0.3) is 0 Å². The van der Waals surface area contributed by atoms with E-state index in [1.807, 2.05) is 6.92 Å². The van der Waals surface area contributed by atoms with E-state index in [1.54, 1.807) is 17.9 Å². The third-order valence-electron chi connectivity index (χ3n) is 7.57. The van der Waals surface area contributed by atoms with Crippen LogP contribution in [0.1, 0.15) is 69.3 Å². The van der Waals surface area contributed by atoms with Gasteiger partial charge in [0.25, 0.3) is 11.8 Å².